The van der Waals surface area contributed by atoms with Crippen molar-refractivity contribution >= 4 is 29.3 Å². The highest BCUT2D eigenvalue weighted by atomic mass is 16.3. The van der Waals surface area contributed by atoms with Crippen LogP contribution in [0.5, 0.6) is 0 Å². The molecule has 10 heteroatoms. The average molecular weight is 496 g/mol. The van der Waals surface area contributed by atoms with Gasteiger partial charge in [0.2, 0.25) is 11.8 Å². The molecule has 4 saturated heterocycles. The summed E-state index contributed by atoms with van der Waals surface area (Å²) >= 11 is 0. The van der Waals surface area contributed by atoms with Crippen LogP contribution in [0.25, 0.3) is 0 Å². The number of carbonyl (C=O) groups excluding carboxylic acids is 4. The molecule has 5 aliphatic heterocycles. The van der Waals surface area contributed by atoms with Crippen molar-refractivity contribution < 1.29 is 24.3 Å². The molecule has 0 aromatic heterocycles. The Hall–Kier alpha value is -2.82. The SMILES string of the molecule is O=C1CCC(N2C(=O)c3ccc(N4CCC(CN5CC6(CN(CCO)C6)C5)CC4)cc3C2=O)C(=O)N1. The Labute approximate surface area is 210 Å². The topological polar surface area (TPSA) is 114 Å². The van der Waals surface area contributed by atoms with Gasteiger partial charge in [0.15, 0.2) is 0 Å². The van der Waals surface area contributed by atoms with E-state index < -0.39 is 23.8 Å². The molecule has 1 aromatic carbocycles. The fourth-order valence-electron chi connectivity index (χ4n) is 6.83. The number of fused-ring (bicyclic) bond motifs is 1. The number of nitrogens with one attached hydrogen (secondary N) is 1. The van der Waals surface area contributed by atoms with Gasteiger partial charge in [-0.3, -0.25) is 34.3 Å². The molecule has 36 heavy (non-hydrogen) atoms. The first-order valence-electron chi connectivity index (χ1n) is 13.0. The molecule has 10 nitrogen and oxygen atoms in total. The number of aliphatic hydroxyl groups is 1. The Balaban J connectivity index is 1.03. The summed E-state index contributed by atoms with van der Waals surface area (Å²) in [6.45, 7) is 8.54. The molecular weight excluding hydrogens is 462 g/mol. The van der Waals surface area contributed by atoms with E-state index in [1.54, 1.807) is 12.1 Å². The number of anilines is 1. The molecule has 0 saturated carbocycles. The predicted molar refractivity (Wildman–Crippen MR) is 130 cm³/mol. The fourth-order valence-corrected chi connectivity index (χ4v) is 6.83. The Morgan fingerprint density at radius 2 is 1.61 bits per heavy atom. The van der Waals surface area contributed by atoms with Crippen LogP contribution in [-0.4, -0.2) is 108 Å². The average Bonchev–Trinajstić information content (AvgIpc) is 3.06. The second-order valence-electron chi connectivity index (χ2n) is 11.2. The summed E-state index contributed by atoms with van der Waals surface area (Å²) in [6, 6.07) is 4.44. The van der Waals surface area contributed by atoms with Crippen molar-refractivity contribution in [3.63, 3.8) is 0 Å². The summed E-state index contributed by atoms with van der Waals surface area (Å²) in [7, 11) is 0. The van der Waals surface area contributed by atoms with Gasteiger partial charge in [-0.2, -0.15) is 0 Å². The third-order valence-corrected chi connectivity index (χ3v) is 8.57. The number of piperidine rings is 2. The lowest BCUT2D eigenvalue weighted by molar-refractivity contribution is -0.136. The standard InChI is InChI=1S/C26H33N5O5/c32-10-9-28-13-26(14-28)15-29(16-26)12-17-5-7-30(8-6-17)18-1-2-19-20(11-18)25(36)31(24(19)35)21-3-4-22(33)27-23(21)34/h1-2,11,17,21,32H,3-10,12-16H2,(H,27,33,34). The lowest BCUT2D eigenvalue weighted by Gasteiger charge is -2.61. The maximum Gasteiger partial charge on any atom is 0.262 e. The summed E-state index contributed by atoms with van der Waals surface area (Å²) in [6.07, 6.45) is 2.46. The smallest absolute Gasteiger partial charge is 0.262 e. The van der Waals surface area contributed by atoms with E-state index in [0.717, 1.165) is 62.7 Å². The molecule has 5 aliphatic rings. The van der Waals surface area contributed by atoms with E-state index in [9.17, 15) is 19.2 Å². The summed E-state index contributed by atoms with van der Waals surface area (Å²) < 4.78 is 0. The van der Waals surface area contributed by atoms with Crippen molar-refractivity contribution in [2.45, 2.75) is 31.7 Å². The maximum atomic E-state index is 13.1. The number of amides is 4. The highest BCUT2D eigenvalue weighted by molar-refractivity contribution is 6.23. The van der Waals surface area contributed by atoms with Crippen LogP contribution in [0, 0.1) is 11.3 Å². The van der Waals surface area contributed by atoms with Crippen LogP contribution in [0.2, 0.25) is 0 Å². The number of hydrogen-bond acceptors (Lipinski definition) is 8. The molecule has 2 N–H and O–H groups in total. The Kier molecular flexibility index (Phi) is 5.85. The number of carbonyl (C=O) groups is 4. The summed E-state index contributed by atoms with van der Waals surface area (Å²) in [5, 5.41) is 11.3. The minimum absolute atomic E-state index is 0.116. The van der Waals surface area contributed by atoms with Crippen molar-refractivity contribution in [1.29, 1.82) is 0 Å². The number of rotatable bonds is 6. The van der Waals surface area contributed by atoms with Crippen LogP contribution in [0.4, 0.5) is 5.69 Å². The van der Waals surface area contributed by atoms with E-state index in [0.29, 0.717) is 22.5 Å². The molecule has 4 amide bonds. The molecular formula is C26H33N5O5. The fraction of sp³-hybridized carbons (Fsp3) is 0.615. The number of likely N-dealkylation sites (tertiary alicyclic amines) is 2. The third-order valence-electron chi connectivity index (χ3n) is 8.57. The molecule has 192 valence electrons. The highest BCUT2D eigenvalue weighted by Gasteiger charge is 2.51. The number of hydrogen-bond donors (Lipinski definition) is 2. The van der Waals surface area contributed by atoms with Gasteiger partial charge in [-0.15, -0.1) is 0 Å². The van der Waals surface area contributed by atoms with Crippen LogP contribution in [0.3, 0.4) is 0 Å². The van der Waals surface area contributed by atoms with Gasteiger partial charge in [-0.05, 0) is 43.4 Å². The van der Waals surface area contributed by atoms with E-state index in [1.165, 1.54) is 13.1 Å². The predicted octanol–water partition coefficient (Wildman–Crippen LogP) is -0.0859. The van der Waals surface area contributed by atoms with Gasteiger partial charge in [0, 0.05) is 69.9 Å². The van der Waals surface area contributed by atoms with E-state index in [1.807, 2.05) is 6.07 Å². The molecule has 6 rings (SSSR count). The number of aliphatic hydroxyl groups excluding tert-OH is 1. The van der Waals surface area contributed by atoms with Crippen molar-refractivity contribution in [2.24, 2.45) is 11.3 Å². The van der Waals surface area contributed by atoms with Crippen LogP contribution < -0.4 is 10.2 Å². The van der Waals surface area contributed by atoms with Gasteiger partial charge in [-0.1, -0.05) is 0 Å². The molecule has 5 heterocycles. The molecule has 0 bridgehead atoms. The molecule has 1 aromatic rings. The monoisotopic (exact) mass is 495 g/mol. The molecule has 0 radical (unpaired) electrons. The van der Waals surface area contributed by atoms with E-state index in [-0.39, 0.29) is 25.4 Å². The number of imide groups is 2. The van der Waals surface area contributed by atoms with Crippen molar-refractivity contribution in [2.75, 3.05) is 63.9 Å². The molecule has 0 aliphatic carbocycles. The van der Waals surface area contributed by atoms with Gasteiger partial charge in [0.05, 0.1) is 17.7 Å². The van der Waals surface area contributed by atoms with Crippen LogP contribution in [0.1, 0.15) is 46.4 Å². The molecule has 1 unspecified atom stereocenters. The maximum absolute atomic E-state index is 13.1. The zero-order valence-electron chi connectivity index (χ0n) is 20.4. The van der Waals surface area contributed by atoms with Gasteiger partial charge in [-0.25, -0.2) is 0 Å². The zero-order valence-corrected chi connectivity index (χ0v) is 20.4. The zero-order chi connectivity index (χ0) is 25.0. The van der Waals surface area contributed by atoms with Gasteiger partial charge in [0.25, 0.3) is 11.8 Å². The first-order valence-corrected chi connectivity index (χ1v) is 13.0. The normalized spacial score (nSPS) is 26.8. The Morgan fingerprint density at radius 1 is 0.917 bits per heavy atom. The molecule has 1 spiro atoms. The highest BCUT2D eigenvalue weighted by Crippen LogP contribution is 2.40. The van der Waals surface area contributed by atoms with Crippen LogP contribution in [-0.2, 0) is 9.59 Å². The van der Waals surface area contributed by atoms with Crippen molar-refractivity contribution in [1.82, 2.24) is 20.0 Å². The quantitative estimate of drug-likeness (QED) is 0.527. The lowest BCUT2D eigenvalue weighted by atomic mass is 9.72. The Bertz CT molecular complexity index is 1100. The summed E-state index contributed by atoms with van der Waals surface area (Å²) in [5.41, 5.74) is 2.06. The number of β-amino-alcohol motifs (C(OH)–C–C–N with tert-alkyl or cyclic N) is 1. The lowest BCUT2D eigenvalue weighted by Crippen LogP contribution is -2.72. The van der Waals surface area contributed by atoms with Crippen molar-refractivity contribution in [3.8, 4) is 0 Å². The van der Waals surface area contributed by atoms with Crippen molar-refractivity contribution in [3.05, 3.63) is 29.3 Å². The first kappa shape index (κ1) is 23.6. The van der Waals surface area contributed by atoms with E-state index in [2.05, 4.69) is 20.0 Å². The Morgan fingerprint density at radius 3 is 2.31 bits per heavy atom. The van der Waals surface area contributed by atoms with Crippen LogP contribution in [0.15, 0.2) is 18.2 Å². The molecule has 4 fully saturated rings. The van der Waals surface area contributed by atoms with Gasteiger partial charge < -0.3 is 14.9 Å². The molecule has 1 atom stereocenters. The largest absolute Gasteiger partial charge is 0.395 e. The third kappa shape index (κ3) is 4.01. The van der Waals surface area contributed by atoms with E-state index >= 15 is 0 Å². The number of nitrogens with zero attached hydrogens (tertiary/aromatic N) is 4. The number of benzene rings is 1. The van der Waals surface area contributed by atoms with E-state index in [4.69, 9.17) is 5.11 Å². The van der Waals surface area contributed by atoms with Crippen LogP contribution >= 0.6 is 0 Å². The first-order chi connectivity index (χ1) is 17.4. The summed E-state index contributed by atoms with van der Waals surface area (Å²) in [5.74, 6) is -1.22. The summed E-state index contributed by atoms with van der Waals surface area (Å²) in [4.78, 5) is 58.0. The van der Waals surface area contributed by atoms with Gasteiger partial charge in [0.1, 0.15) is 6.04 Å². The minimum atomic E-state index is -0.937. The minimum Gasteiger partial charge on any atom is -0.395 e. The second-order valence-corrected chi connectivity index (χ2v) is 11.2. The second kappa shape index (κ2) is 8.93. The van der Waals surface area contributed by atoms with Gasteiger partial charge >= 0.3 is 0 Å².